The summed E-state index contributed by atoms with van der Waals surface area (Å²) in [5.41, 5.74) is 4.32. The Bertz CT molecular complexity index is 1350. The average molecular weight is 532 g/mol. The third-order valence-corrected chi connectivity index (χ3v) is 8.73. The van der Waals surface area contributed by atoms with Crippen LogP contribution >= 0.6 is 11.3 Å². The van der Waals surface area contributed by atoms with Gasteiger partial charge < -0.3 is 14.4 Å². The molecule has 0 radical (unpaired) electrons. The predicted molar refractivity (Wildman–Crippen MR) is 143 cm³/mol. The minimum Gasteiger partial charge on any atom is -0.481 e. The molecule has 2 aliphatic heterocycles. The minimum absolute atomic E-state index is 0.143. The standard InChI is InChI=1S/C25H33N5O4S2/c1-17-20(15-29-9-11-34-12-10-29)22-23(35-17)21(27-25(28-22)30-7-5-4-6-8-30)18-13-19(16-36(3,31)32)24(33-2)26-14-18/h13-14H,4-12,15-16H2,1-3H3. The normalized spacial score (nSPS) is 17.6. The van der Waals surface area contributed by atoms with Crippen molar-refractivity contribution in [3.05, 3.63) is 28.3 Å². The Morgan fingerprint density at radius 3 is 2.56 bits per heavy atom. The zero-order valence-electron chi connectivity index (χ0n) is 21.1. The number of nitrogens with zero attached hydrogens (tertiary/aromatic N) is 5. The van der Waals surface area contributed by atoms with Crippen LogP contribution in [0, 0.1) is 6.92 Å². The third kappa shape index (κ3) is 5.49. The van der Waals surface area contributed by atoms with Gasteiger partial charge in [0.2, 0.25) is 11.8 Å². The molecule has 0 spiro atoms. The van der Waals surface area contributed by atoms with Crippen LogP contribution in [0.4, 0.5) is 5.95 Å². The van der Waals surface area contributed by atoms with Crippen LogP contribution in [0.15, 0.2) is 12.3 Å². The molecular formula is C25H33N5O4S2. The Hall–Kier alpha value is -2.34. The number of aryl methyl sites for hydroxylation is 1. The molecule has 0 amide bonds. The molecule has 2 aliphatic rings. The quantitative estimate of drug-likeness (QED) is 0.454. The number of pyridine rings is 1. The third-order valence-electron chi connectivity index (χ3n) is 6.75. The molecular weight excluding hydrogens is 498 g/mol. The highest BCUT2D eigenvalue weighted by atomic mass is 32.2. The molecule has 0 N–H and O–H groups in total. The highest BCUT2D eigenvalue weighted by Crippen LogP contribution is 2.39. The summed E-state index contributed by atoms with van der Waals surface area (Å²) in [4.78, 5) is 20.5. The Balaban J connectivity index is 1.65. The van der Waals surface area contributed by atoms with Crippen molar-refractivity contribution in [2.24, 2.45) is 0 Å². The number of anilines is 1. The highest BCUT2D eigenvalue weighted by Gasteiger charge is 2.24. The second-order valence-corrected chi connectivity index (χ2v) is 13.0. The van der Waals surface area contributed by atoms with Gasteiger partial charge in [-0.1, -0.05) is 0 Å². The maximum atomic E-state index is 12.1. The number of sulfone groups is 1. The SMILES string of the molecule is COc1ncc(-c2nc(N3CCCCC3)nc3c(CN4CCOCC4)c(C)sc23)cc1CS(C)(=O)=O. The van der Waals surface area contributed by atoms with E-state index in [-0.39, 0.29) is 5.75 Å². The summed E-state index contributed by atoms with van der Waals surface area (Å²) < 4.78 is 36.1. The van der Waals surface area contributed by atoms with Crippen LogP contribution in [0.3, 0.4) is 0 Å². The summed E-state index contributed by atoms with van der Waals surface area (Å²) in [7, 11) is -1.76. The minimum atomic E-state index is -3.27. The second kappa shape index (κ2) is 10.6. The number of hydrogen-bond donors (Lipinski definition) is 0. The summed E-state index contributed by atoms with van der Waals surface area (Å²) in [6.07, 6.45) is 6.42. The van der Waals surface area contributed by atoms with E-state index >= 15 is 0 Å². The first-order valence-corrected chi connectivity index (χ1v) is 15.3. The summed E-state index contributed by atoms with van der Waals surface area (Å²) in [5.74, 6) is 0.912. The molecule has 3 aromatic heterocycles. The lowest BCUT2D eigenvalue weighted by Crippen LogP contribution is -2.35. The van der Waals surface area contributed by atoms with Crippen molar-refractivity contribution in [3.63, 3.8) is 0 Å². The summed E-state index contributed by atoms with van der Waals surface area (Å²) in [5, 5.41) is 0. The molecule has 9 nitrogen and oxygen atoms in total. The molecule has 2 saturated heterocycles. The van der Waals surface area contributed by atoms with Gasteiger partial charge in [0.25, 0.3) is 0 Å². The zero-order valence-corrected chi connectivity index (χ0v) is 22.8. The smallest absolute Gasteiger partial charge is 0.226 e. The van der Waals surface area contributed by atoms with Gasteiger partial charge in [0.1, 0.15) is 0 Å². The van der Waals surface area contributed by atoms with Gasteiger partial charge in [0.15, 0.2) is 9.84 Å². The van der Waals surface area contributed by atoms with Crippen molar-refractivity contribution in [1.82, 2.24) is 19.9 Å². The molecule has 2 fully saturated rings. The molecule has 5 rings (SSSR count). The molecule has 5 heterocycles. The molecule has 0 unspecified atom stereocenters. The maximum Gasteiger partial charge on any atom is 0.226 e. The van der Waals surface area contributed by atoms with Crippen molar-refractivity contribution < 1.29 is 17.9 Å². The van der Waals surface area contributed by atoms with Crippen molar-refractivity contribution in [3.8, 4) is 17.1 Å². The van der Waals surface area contributed by atoms with Gasteiger partial charge in [-0.3, -0.25) is 4.90 Å². The fourth-order valence-electron chi connectivity index (χ4n) is 4.92. The summed E-state index contributed by atoms with van der Waals surface area (Å²) >= 11 is 1.69. The molecule has 0 aliphatic carbocycles. The van der Waals surface area contributed by atoms with Crippen LogP contribution in [-0.4, -0.2) is 81.0 Å². The largest absolute Gasteiger partial charge is 0.481 e. The predicted octanol–water partition coefficient (Wildman–Crippen LogP) is 3.44. The molecule has 3 aromatic rings. The second-order valence-electron chi connectivity index (χ2n) is 9.59. The average Bonchev–Trinajstić information content (AvgIpc) is 3.18. The Kier molecular flexibility index (Phi) is 7.43. The van der Waals surface area contributed by atoms with Crippen molar-refractivity contribution in [2.45, 2.75) is 38.5 Å². The molecule has 0 saturated carbocycles. The Morgan fingerprint density at radius 2 is 1.86 bits per heavy atom. The van der Waals surface area contributed by atoms with Crippen LogP contribution < -0.4 is 9.64 Å². The van der Waals surface area contributed by atoms with Gasteiger partial charge in [-0.15, -0.1) is 11.3 Å². The van der Waals surface area contributed by atoms with E-state index in [1.54, 1.807) is 17.5 Å². The first kappa shape index (κ1) is 25.3. The lowest BCUT2D eigenvalue weighted by atomic mass is 10.1. The van der Waals surface area contributed by atoms with E-state index < -0.39 is 9.84 Å². The van der Waals surface area contributed by atoms with Crippen LogP contribution in [0.1, 0.15) is 35.3 Å². The number of methoxy groups -OCH3 is 1. The van der Waals surface area contributed by atoms with Crippen LogP contribution in [0.5, 0.6) is 5.88 Å². The van der Waals surface area contributed by atoms with Crippen molar-refractivity contribution in [2.75, 3.05) is 57.7 Å². The lowest BCUT2D eigenvalue weighted by Gasteiger charge is -2.28. The topological polar surface area (TPSA) is 97.8 Å². The number of piperidine rings is 1. The molecule has 194 valence electrons. The van der Waals surface area contributed by atoms with Gasteiger partial charge in [0.05, 0.1) is 42.0 Å². The number of hydrogen-bond acceptors (Lipinski definition) is 10. The number of ether oxygens (including phenoxy) is 2. The first-order chi connectivity index (χ1) is 17.3. The van der Waals surface area contributed by atoms with Gasteiger partial charge in [-0.2, -0.15) is 0 Å². The van der Waals surface area contributed by atoms with E-state index in [0.717, 1.165) is 86.2 Å². The number of thiophene rings is 1. The lowest BCUT2D eigenvalue weighted by molar-refractivity contribution is 0.0343. The van der Waals surface area contributed by atoms with E-state index in [9.17, 15) is 8.42 Å². The van der Waals surface area contributed by atoms with Crippen LogP contribution in [0.2, 0.25) is 0 Å². The molecule has 36 heavy (non-hydrogen) atoms. The number of aromatic nitrogens is 3. The van der Waals surface area contributed by atoms with Gasteiger partial charge in [-0.05, 0) is 32.3 Å². The van der Waals surface area contributed by atoms with Crippen molar-refractivity contribution in [1.29, 1.82) is 0 Å². The fraction of sp³-hybridized carbons (Fsp3) is 0.560. The monoisotopic (exact) mass is 531 g/mol. The molecule has 0 atom stereocenters. The van der Waals surface area contributed by atoms with Gasteiger partial charge >= 0.3 is 0 Å². The van der Waals surface area contributed by atoms with E-state index in [4.69, 9.17) is 19.4 Å². The van der Waals surface area contributed by atoms with Gasteiger partial charge in [-0.25, -0.2) is 23.4 Å². The maximum absolute atomic E-state index is 12.1. The van der Waals surface area contributed by atoms with E-state index in [1.807, 2.05) is 6.07 Å². The molecule has 0 aromatic carbocycles. The molecule has 0 bridgehead atoms. The summed E-state index contributed by atoms with van der Waals surface area (Å²) in [6, 6.07) is 1.85. The fourth-order valence-corrected chi connectivity index (χ4v) is 6.81. The highest BCUT2D eigenvalue weighted by molar-refractivity contribution is 7.89. The first-order valence-electron chi connectivity index (χ1n) is 12.4. The Labute approximate surface area is 216 Å². The van der Waals surface area contributed by atoms with E-state index in [0.29, 0.717) is 11.4 Å². The number of rotatable bonds is 7. The molecule has 11 heteroatoms. The number of fused-ring (bicyclic) bond motifs is 1. The van der Waals surface area contributed by atoms with Crippen LogP contribution in [-0.2, 0) is 26.9 Å². The number of morpholine rings is 1. The summed E-state index contributed by atoms with van der Waals surface area (Å²) in [6.45, 7) is 8.16. The van der Waals surface area contributed by atoms with E-state index in [2.05, 4.69) is 21.7 Å². The van der Waals surface area contributed by atoms with E-state index in [1.165, 1.54) is 30.2 Å². The van der Waals surface area contributed by atoms with Gasteiger partial charge in [0, 0.05) is 66.7 Å². The Morgan fingerprint density at radius 1 is 1.11 bits per heavy atom. The zero-order chi connectivity index (χ0) is 25.3. The van der Waals surface area contributed by atoms with Crippen molar-refractivity contribution >= 4 is 37.3 Å². The van der Waals surface area contributed by atoms with Crippen LogP contribution in [0.25, 0.3) is 21.5 Å².